The molecule has 0 bridgehead atoms. The fourth-order valence-corrected chi connectivity index (χ4v) is 2.08. The van der Waals surface area contributed by atoms with E-state index in [9.17, 15) is 22.8 Å². The molecule has 4 nitrogen and oxygen atoms in total. The van der Waals surface area contributed by atoms with Crippen molar-refractivity contribution in [2.24, 2.45) is 0 Å². The average molecular weight is 339 g/mol. The summed E-state index contributed by atoms with van der Waals surface area (Å²) in [6, 6.07) is 0. The number of carbonyl (C=O) groups excluding carboxylic acids is 2. The Morgan fingerprint density at radius 1 is 0.870 bits per heavy atom. The molecule has 1 amide bonds. The van der Waals surface area contributed by atoms with Gasteiger partial charge in [0.05, 0.1) is 6.61 Å². The van der Waals surface area contributed by atoms with Crippen LogP contribution in [0.2, 0.25) is 0 Å². The zero-order valence-electron chi connectivity index (χ0n) is 13.8. The van der Waals surface area contributed by atoms with E-state index in [1.54, 1.807) is 0 Å². The molecule has 0 radical (unpaired) electrons. The molecule has 0 rings (SSSR count). The van der Waals surface area contributed by atoms with Crippen molar-refractivity contribution in [3.05, 3.63) is 0 Å². The first kappa shape index (κ1) is 21.7. The van der Waals surface area contributed by atoms with E-state index in [2.05, 4.69) is 6.92 Å². The van der Waals surface area contributed by atoms with E-state index in [0.29, 0.717) is 6.42 Å². The number of carbonyl (C=O) groups is 2. The summed E-state index contributed by atoms with van der Waals surface area (Å²) in [6.45, 7) is 1.62. The van der Waals surface area contributed by atoms with Gasteiger partial charge >= 0.3 is 18.1 Å². The third-order valence-electron chi connectivity index (χ3n) is 3.41. The molecule has 0 aliphatic heterocycles. The van der Waals surface area contributed by atoms with Gasteiger partial charge < -0.3 is 10.1 Å². The molecule has 0 atom stereocenters. The average Bonchev–Trinajstić information content (AvgIpc) is 2.49. The summed E-state index contributed by atoms with van der Waals surface area (Å²) >= 11 is 0. The Morgan fingerprint density at radius 3 is 1.83 bits per heavy atom. The van der Waals surface area contributed by atoms with Crippen molar-refractivity contribution in [3.63, 3.8) is 0 Å². The van der Waals surface area contributed by atoms with Crippen molar-refractivity contribution in [1.82, 2.24) is 5.32 Å². The molecular weight excluding hydrogens is 311 g/mol. The maximum Gasteiger partial charge on any atom is 0.471 e. The highest BCUT2D eigenvalue weighted by Crippen LogP contribution is 2.13. The van der Waals surface area contributed by atoms with E-state index in [1.807, 2.05) is 0 Å². The van der Waals surface area contributed by atoms with Crippen LogP contribution >= 0.6 is 0 Å². The molecule has 0 aromatic heterocycles. The number of unbranched alkanes of at least 4 members (excludes halogenated alkanes) is 9. The molecule has 0 aliphatic rings. The second kappa shape index (κ2) is 13.2. The van der Waals surface area contributed by atoms with Gasteiger partial charge in [-0.2, -0.15) is 13.2 Å². The predicted octanol–water partition coefficient (Wildman–Crippen LogP) is 4.13. The van der Waals surface area contributed by atoms with E-state index in [-0.39, 0.29) is 6.61 Å². The molecule has 136 valence electrons. The number of amides is 1. The molecule has 0 spiro atoms. The van der Waals surface area contributed by atoms with Crippen LogP contribution in [0.5, 0.6) is 0 Å². The molecule has 0 aromatic rings. The summed E-state index contributed by atoms with van der Waals surface area (Å²) in [7, 11) is 0. The number of ether oxygens (including phenoxy) is 1. The fourth-order valence-electron chi connectivity index (χ4n) is 2.08. The normalized spacial score (nSPS) is 11.3. The maximum absolute atomic E-state index is 11.9. The number of rotatable bonds is 13. The Hall–Kier alpha value is -1.27. The zero-order valence-corrected chi connectivity index (χ0v) is 13.8. The standard InChI is InChI=1S/C16H28F3NO3/c1-2-3-4-5-6-7-8-9-10-11-12-23-14(21)13-20-15(22)16(17,18)19/h2-13H2,1H3,(H,20,22). The second-order valence-electron chi connectivity index (χ2n) is 5.58. The highest BCUT2D eigenvalue weighted by Gasteiger charge is 2.38. The minimum Gasteiger partial charge on any atom is -0.464 e. The van der Waals surface area contributed by atoms with Crippen molar-refractivity contribution in [2.45, 2.75) is 77.3 Å². The maximum atomic E-state index is 11.9. The summed E-state index contributed by atoms with van der Waals surface area (Å²) < 4.78 is 40.4. The van der Waals surface area contributed by atoms with E-state index < -0.39 is 24.6 Å². The summed E-state index contributed by atoms with van der Waals surface area (Å²) in [5.41, 5.74) is 0. The van der Waals surface area contributed by atoms with Crippen LogP contribution in [0.1, 0.15) is 71.1 Å². The quantitative estimate of drug-likeness (QED) is 0.405. The van der Waals surface area contributed by atoms with Crippen LogP contribution < -0.4 is 5.32 Å². The molecular formula is C16H28F3NO3. The Labute approximate surface area is 136 Å². The van der Waals surface area contributed by atoms with Crippen molar-refractivity contribution in [3.8, 4) is 0 Å². The van der Waals surface area contributed by atoms with Crippen molar-refractivity contribution >= 4 is 11.9 Å². The van der Waals surface area contributed by atoms with Crippen LogP contribution in [0, 0.1) is 0 Å². The monoisotopic (exact) mass is 339 g/mol. The number of nitrogens with one attached hydrogen (secondary N) is 1. The van der Waals surface area contributed by atoms with Crippen LogP contribution in [0.3, 0.4) is 0 Å². The fraction of sp³-hybridized carbons (Fsp3) is 0.875. The summed E-state index contributed by atoms with van der Waals surface area (Å²) in [4.78, 5) is 21.6. The smallest absolute Gasteiger partial charge is 0.464 e. The van der Waals surface area contributed by atoms with E-state index in [1.165, 1.54) is 43.8 Å². The van der Waals surface area contributed by atoms with Crippen LogP contribution in [0.15, 0.2) is 0 Å². The molecule has 0 unspecified atom stereocenters. The number of hydrogen-bond acceptors (Lipinski definition) is 3. The van der Waals surface area contributed by atoms with Crippen LogP contribution in [0.4, 0.5) is 13.2 Å². The van der Waals surface area contributed by atoms with Gasteiger partial charge in [0.25, 0.3) is 0 Å². The largest absolute Gasteiger partial charge is 0.471 e. The van der Waals surface area contributed by atoms with Crippen molar-refractivity contribution in [1.29, 1.82) is 0 Å². The number of hydrogen-bond donors (Lipinski definition) is 1. The third kappa shape index (κ3) is 14.1. The number of halogens is 3. The minimum absolute atomic E-state index is 0.178. The lowest BCUT2D eigenvalue weighted by atomic mass is 10.1. The Balaban J connectivity index is 3.35. The first-order chi connectivity index (χ1) is 10.9. The topological polar surface area (TPSA) is 55.4 Å². The number of esters is 1. The van der Waals surface area contributed by atoms with E-state index >= 15 is 0 Å². The van der Waals surface area contributed by atoms with Crippen molar-refractivity contribution < 1.29 is 27.5 Å². The molecule has 23 heavy (non-hydrogen) atoms. The first-order valence-electron chi connectivity index (χ1n) is 8.38. The van der Waals surface area contributed by atoms with Crippen LogP contribution in [-0.2, 0) is 14.3 Å². The van der Waals surface area contributed by atoms with Gasteiger partial charge in [-0.15, -0.1) is 0 Å². The van der Waals surface area contributed by atoms with Gasteiger partial charge in [0.2, 0.25) is 0 Å². The molecule has 1 N–H and O–H groups in total. The SMILES string of the molecule is CCCCCCCCCCCCOC(=O)CNC(=O)C(F)(F)F. The molecule has 0 saturated carbocycles. The number of alkyl halides is 3. The molecule has 0 aromatic carbocycles. The first-order valence-corrected chi connectivity index (χ1v) is 8.38. The Kier molecular flexibility index (Phi) is 12.5. The third-order valence-corrected chi connectivity index (χ3v) is 3.41. The predicted molar refractivity (Wildman–Crippen MR) is 81.9 cm³/mol. The minimum atomic E-state index is -4.98. The van der Waals surface area contributed by atoms with Gasteiger partial charge in [0.1, 0.15) is 6.54 Å². The highest BCUT2D eigenvalue weighted by atomic mass is 19.4. The molecule has 0 heterocycles. The summed E-state index contributed by atoms with van der Waals surface area (Å²) in [5, 5.41) is 1.47. The van der Waals surface area contributed by atoms with Gasteiger partial charge in [0, 0.05) is 0 Å². The van der Waals surface area contributed by atoms with Gasteiger partial charge in [-0.25, -0.2) is 0 Å². The second-order valence-corrected chi connectivity index (χ2v) is 5.58. The van der Waals surface area contributed by atoms with Gasteiger partial charge in [0.15, 0.2) is 0 Å². The van der Waals surface area contributed by atoms with E-state index in [0.717, 1.165) is 19.3 Å². The van der Waals surface area contributed by atoms with Crippen LogP contribution in [-0.4, -0.2) is 31.2 Å². The highest BCUT2D eigenvalue weighted by molar-refractivity contribution is 5.85. The lowest BCUT2D eigenvalue weighted by Gasteiger charge is -2.08. The van der Waals surface area contributed by atoms with Crippen LogP contribution in [0.25, 0.3) is 0 Å². The zero-order chi connectivity index (χ0) is 17.6. The van der Waals surface area contributed by atoms with Gasteiger partial charge in [-0.3, -0.25) is 9.59 Å². The Bertz CT molecular complexity index is 333. The van der Waals surface area contributed by atoms with Gasteiger partial charge in [-0.05, 0) is 6.42 Å². The molecule has 0 saturated heterocycles. The Morgan fingerprint density at radius 2 is 1.35 bits per heavy atom. The lowest BCUT2D eigenvalue weighted by molar-refractivity contribution is -0.174. The van der Waals surface area contributed by atoms with Gasteiger partial charge in [-0.1, -0.05) is 64.7 Å². The van der Waals surface area contributed by atoms with E-state index in [4.69, 9.17) is 4.74 Å². The van der Waals surface area contributed by atoms with Crippen molar-refractivity contribution in [2.75, 3.05) is 13.2 Å². The molecule has 0 aliphatic carbocycles. The molecule has 0 fully saturated rings. The molecule has 7 heteroatoms. The summed E-state index contributed by atoms with van der Waals surface area (Å²) in [6.07, 6.45) is 6.47. The summed E-state index contributed by atoms with van der Waals surface area (Å²) in [5.74, 6) is -2.98. The lowest BCUT2D eigenvalue weighted by Crippen LogP contribution is -2.40.